The molecular weight excluding hydrogens is 414 g/mol. The first-order valence-electron chi connectivity index (χ1n) is 10.5. The molecule has 3 aliphatic heterocycles. The summed E-state index contributed by atoms with van der Waals surface area (Å²) in [5, 5.41) is 0.219. The number of aromatic nitrogens is 3. The average Bonchev–Trinajstić information content (AvgIpc) is 2.71. The molecule has 5 heterocycles. The summed E-state index contributed by atoms with van der Waals surface area (Å²) in [5.41, 5.74) is 2.44. The van der Waals surface area contributed by atoms with Crippen LogP contribution in [0.1, 0.15) is 18.5 Å². The Kier molecular flexibility index (Phi) is 5.47. The summed E-state index contributed by atoms with van der Waals surface area (Å²) in [7, 11) is 0. The van der Waals surface area contributed by atoms with E-state index in [9.17, 15) is 8.78 Å². The van der Waals surface area contributed by atoms with Gasteiger partial charge in [0.2, 0.25) is 5.28 Å². The number of hydrogen-bond donors (Lipinski definition) is 0. The second kappa shape index (κ2) is 8.11. The summed E-state index contributed by atoms with van der Waals surface area (Å²) < 4.78 is 32.2. The molecule has 0 aliphatic carbocycles. The van der Waals surface area contributed by atoms with E-state index in [4.69, 9.17) is 21.3 Å². The molecule has 0 unspecified atom stereocenters. The SMILES string of the molecule is FC1(F)CCN(C2CN(Cc3ccc4nc(Cl)nc(N5CCOCC5)c4n3)C2)CC1. The van der Waals surface area contributed by atoms with Crippen LogP contribution in [0.3, 0.4) is 0 Å². The van der Waals surface area contributed by atoms with Gasteiger partial charge in [-0.3, -0.25) is 9.80 Å². The van der Waals surface area contributed by atoms with Gasteiger partial charge < -0.3 is 9.64 Å². The van der Waals surface area contributed by atoms with E-state index in [0.29, 0.717) is 32.3 Å². The Morgan fingerprint density at radius 1 is 1.03 bits per heavy atom. The fraction of sp³-hybridized carbons (Fsp3) is 0.650. The van der Waals surface area contributed by atoms with Gasteiger partial charge in [0.15, 0.2) is 5.82 Å². The molecule has 0 radical (unpaired) electrons. The number of piperidine rings is 1. The van der Waals surface area contributed by atoms with E-state index in [1.807, 2.05) is 12.1 Å². The summed E-state index contributed by atoms with van der Waals surface area (Å²) in [6.07, 6.45) is -0.0504. The smallest absolute Gasteiger partial charge is 0.250 e. The number of ether oxygens (including phenoxy) is 1. The number of nitrogens with zero attached hydrogens (tertiary/aromatic N) is 6. The minimum Gasteiger partial charge on any atom is -0.378 e. The first kappa shape index (κ1) is 20.2. The fourth-order valence-electron chi connectivity index (χ4n) is 4.44. The Morgan fingerprint density at radius 2 is 1.77 bits per heavy atom. The van der Waals surface area contributed by atoms with Crippen LogP contribution in [-0.4, -0.2) is 89.2 Å². The molecule has 30 heavy (non-hydrogen) atoms. The number of halogens is 3. The van der Waals surface area contributed by atoms with Crippen molar-refractivity contribution < 1.29 is 13.5 Å². The second-order valence-electron chi connectivity index (χ2n) is 8.33. The lowest BCUT2D eigenvalue weighted by molar-refractivity contribution is -0.0807. The number of rotatable bonds is 4. The van der Waals surface area contributed by atoms with Crippen LogP contribution >= 0.6 is 11.6 Å². The maximum atomic E-state index is 13.4. The zero-order valence-corrected chi connectivity index (χ0v) is 17.5. The molecule has 0 aromatic carbocycles. The lowest BCUT2D eigenvalue weighted by Gasteiger charge is -2.47. The molecule has 2 aromatic rings. The molecular formula is C20H25ClF2N6O. The Bertz CT molecular complexity index is 910. The van der Waals surface area contributed by atoms with E-state index in [0.717, 1.165) is 55.3 Å². The number of alkyl halides is 2. The molecule has 3 saturated heterocycles. The third kappa shape index (κ3) is 4.21. The maximum absolute atomic E-state index is 13.4. The number of anilines is 1. The molecule has 0 N–H and O–H groups in total. The quantitative estimate of drug-likeness (QED) is 0.679. The number of hydrogen-bond acceptors (Lipinski definition) is 7. The Morgan fingerprint density at radius 3 is 2.50 bits per heavy atom. The van der Waals surface area contributed by atoms with Crippen LogP contribution in [0.5, 0.6) is 0 Å². The number of pyridine rings is 1. The van der Waals surface area contributed by atoms with Gasteiger partial charge >= 0.3 is 0 Å². The number of fused-ring (bicyclic) bond motifs is 1. The monoisotopic (exact) mass is 438 g/mol. The highest BCUT2D eigenvalue weighted by Gasteiger charge is 2.39. The Balaban J connectivity index is 1.26. The van der Waals surface area contributed by atoms with E-state index < -0.39 is 5.92 Å². The fourth-order valence-corrected chi connectivity index (χ4v) is 4.61. The van der Waals surface area contributed by atoms with Gasteiger partial charge in [-0.1, -0.05) is 0 Å². The van der Waals surface area contributed by atoms with Crippen LogP contribution in [0, 0.1) is 0 Å². The standard InChI is InChI=1S/C20H25ClF2N6O/c21-19-25-16-2-1-14(24-17(16)18(26-19)29-7-9-30-10-8-29)11-27-12-15(13-27)28-5-3-20(22,23)4-6-28/h1-2,15H,3-13H2. The van der Waals surface area contributed by atoms with Crippen molar-refractivity contribution in [3.63, 3.8) is 0 Å². The zero-order valence-electron chi connectivity index (χ0n) is 16.7. The van der Waals surface area contributed by atoms with E-state index in [-0.39, 0.29) is 18.1 Å². The van der Waals surface area contributed by atoms with E-state index in [1.54, 1.807) is 0 Å². The topological polar surface area (TPSA) is 57.6 Å². The lowest BCUT2D eigenvalue weighted by Crippen LogP contribution is -2.61. The highest BCUT2D eigenvalue weighted by Crippen LogP contribution is 2.31. The molecule has 2 aromatic heterocycles. The van der Waals surface area contributed by atoms with Crippen molar-refractivity contribution in [2.45, 2.75) is 31.4 Å². The number of likely N-dealkylation sites (tertiary alicyclic amines) is 2. The van der Waals surface area contributed by atoms with Crippen LogP contribution in [0.15, 0.2) is 12.1 Å². The van der Waals surface area contributed by atoms with Gasteiger partial charge in [-0.25, -0.2) is 18.7 Å². The zero-order chi connectivity index (χ0) is 20.7. The molecule has 0 bridgehead atoms. The van der Waals surface area contributed by atoms with Gasteiger partial charge in [0, 0.05) is 64.7 Å². The molecule has 5 rings (SSSR count). The third-order valence-electron chi connectivity index (χ3n) is 6.23. The predicted octanol–water partition coefficient (Wildman–Crippen LogP) is 2.43. The summed E-state index contributed by atoms with van der Waals surface area (Å²) in [4.78, 5) is 20.3. The first-order valence-corrected chi connectivity index (χ1v) is 10.8. The van der Waals surface area contributed by atoms with Crippen LogP contribution in [0.4, 0.5) is 14.6 Å². The predicted molar refractivity (Wildman–Crippen MR) is 110 cm³/mol. The van der Waals surface area contributed by atoms with Crippen molar-refractivity contribution >= 4 is 28.5 Å². The molecule has 0 amide bonds. The highest BCUT2D eigenvalue weighted by molar-refractivity contribution is 6.28. The minimum absolute atomic E-state index is 0.0252. The molecule has 0 saturated carbocycles. The third-order valence-corrected chi connectivity index (χ3v) is 6.40. The van der Waals surface area contributed by atoms with Gasteiger partial charge in [-0.05, 0) is 23.7 Å². The second-order valence-corrected chi connectivity index (χ2v) is 8.66. The van der Waals surface area contributed by atoms with Gasteiger partial charge in [0.25, 0.3) is 5.92 Å². The largest absolute Gasteiger partial charge is 0.378 e. The summed E-state index contributed by atoms with van der Waals surface area (Å²) >= 11 is 6.14. The van der Waals surface area contributed by atoms with Crippen molar-refractivity contribution in [3.05, 3.63) is 23.1 Å². The Hall–Kier alpha value is -1.68. The van der Waals surface area contributed by atoms with E-state index in [1.165, 1.54) is 0 Å². The van der Waals surface area contributed by atoms with Crippen LogP contribution in [-0.2, 0) is 11.3 Å². The van der Waals surface area contributed by atoms with Gasteiger partial charge in [0.05, 0.1) is 24.4 Å². The maximum Gasteiger partial charge on any atom is 0.250 e. The molecule has 10 heteroatoms. The summed E-state index contributed by atoms with van der Waals surface area (Å²) in [5.74, 6) is -1.73. The van der Waals surface area contributed by atoms with Gasteiger partial charge in [-0.15, -0.1) is 0 Å². The molecule has 162 valence electrons. The van der Waals surface area contributed by atoms with E-state index in [2.05, 4.69) is 24.7 Å². The normalized spacial score (nSPS) is 23.6. The van der Waals surface area contributed by atoms with E-state index >= 15 is 0 Å². The van der Waals surface area contributed by atoms with Crippen molar-refractivity contribution in [2.24, 2.45) is 0 Å². The molecule has 0 atom stereocenters. The molecule has 3 fully saturated rings. The molecule has 7 nitrogen and oxygen atoms in total. The molecule has 3 aliphatic rings. The van der Waals surface area contributed by atoms with Gasteiger partial charge in [0.1, 0.15) is 5.52 Å². The van der Waals surface area contributed by atoms with Gasteiger partial charge in [-0.2, -0.15) is 4.98 Å². The van der Waals surface area contributed by atoms with Crippen molar-refractivity contribution in [1.29, 1.82) is 0 Å². The van der Waals surface area contributed by atoms with Crippen LogP contribution in [0.2, 0.25) is 5.28 Å². The first-order chi connectivity index (χ1) is 14.5. The lowest BCUT2D eigenvalue weighted by atomic mass is 10.0. The van der Waals surface area contributed by atoms with Crippen LogP contribution in [0.25, 0.3) is 11.0 Å². The molecule has 0 spiro atoms. The Labute approximate surface area is 179 Å². The minimum atomic E-state index is -2.49. The summed E-state index contributed by atoms with van der Waals surface area (Å²) in [6, 6.07) is 4.29. The van der Waals surface area contributed by atoms with Crippen molar-refractivity contribution in [3.8, 4) is 0 Å². The van der Waals surface area contributed by atoms with Crippen LogP contribution < -0.4 is 4.90 Å². The number of morpholine rings is 1. The average molecular weight is 439 g/mol. The van der Waals surface area contributed by atoms with Crippen molar-refractivity contribution in [2.75, 3.05) is 57.4 Å². The highest BCUT2D eigenvalue weighted by atomic mass is 35.5. The summed E-state index contributed by atoms with van der Waals surface area (Å²) in [6.45, 7) is 6.27. The van der Waals surface area contributed by atoms with Crippen molar-refractivity contribution in [1.82, 2.24) is 24.8 Å².